The molecule has 108 valence electrons. The van der Waals surface area contributed by atoms with Crippen molar-refractivity contribution in [2.75, 3.05) is 13.1 Å². The number of carbonyl (C=O) groups is 1. The van der Waals surface area contributed by atoms with Crippen LogP contribution in [-0.4, -0.2) is 29.8 Å². The molecule has 1 aromatic carbocycles. The molecule has 1 aliphatic heterocycles. The van der Waals surface area contributed by atoms with Crippen molar-refractivity contribution >= 4 is 17.4 Å². The van der Waals surface area contributed by atoms with Crippen LogP contribution in [0.15, 0.2) is 24.3 Å². The van der Waals surface area contributed by atoms with Crippen molar-refractivity contribution < 1.29 is 4.79 Å². The lowest BCUT2D eigenvalue weighted by Crippen LogP contribution is -2.48. The van der Waals surface area contributed by atoms with Crippen molar-refractivity contribution in [2.24, 2.45) is 5.92 Å². The number of nitrogens with zero attached hydrogens (tertiary/aromatic N) is 1. The summed E-state index contributed by atoms with van der Waals surface area (Å²) in [6.45, 7) is 1.63. The molecule has 1 saturated carbocycles. The molecule has 2 atom stereocenters. The predicted octanol–water partition coefficient (Wildman–Crippen LogP) is 4.18. The number of likely N-dealkylation sites (tertiary alicyclic amines) is 1. The van der Waals surface area contributed by atoms with Gasteiger partial charge in [-0.3, -0.25) is 9.69 Å². The molecule has 1 heterocycles. The molecule has 1 aromatic rings. The molecule has 0 radical (unpaired) electrons. The molecule has 0 bridgehead atoms. The lowest BCUT2D eigenvalue weighted by molar-refractivity contribution is 0.0539. The van der Waals surface area contributed by atoms with Gasteiger partial charge in [0.05, 0.1) is 6.54 Å². The van der Waals surface area contributed by atoms with Crippen LogP contribution >= 0.6 is 11.6 Å². The average Bonchev–Trinajstić information content (AvgIpc) is 2.47. The van der Waals surface area contributed by atoms with E-state index in [0.717, 1.165) is 18.0 Å². The lowest BCUT2D eigenvalue weighted by Gasteiger charge is -2.43. The maximum atomic E-state index is 12.4. The van der Waals surface area contributed by atoms with Gasteiger partial charge in [0.15, 0.2) is 5.78 Å². The highest BCUT2D eigenvalue weighted by molar-refractivity contribution is 6.31. The zero-order valence-corrected chi connectivity index (χ0v) is 12.6. The number of piperidine rings is 1. The van der Waals surface area contributed by atoms with Crippen LogP contribution in [0.4, 0.5) is 0 Å². The van der Waals surface area contributed by atoms with Crippen molar-refractivity contribution in [3.63, 3.8) is 0 Å². The second kappa shape index (κ2) is 6.28. The van der Waals surface area contributed by atoms with Gasteiger partial charge in [-0.2, -0.15) is 0 Å². The quantitative estimate of drug-likeness (QED) is 0.779. The molecule has 2 nitrogen and oxygen atoms in total. The SMILES string of the molecule is O=C(CN1CCCC2CCCCC21)c1cccc(Cl)c1. The van der Waals surface area contributed by atoms with E-state index >= 15 is 0 Å². The van der Waals surface area contributed by atoms with Crippen LogP contribution < -0.4 is 0 Å². The highest BCUT2D eigenvalue weighted by Gasteiger charge is 2.33. The fraction of sp³-hybridized carbons (Fsp3) is 0.588. The highest BCUT2D eigenvalue weighted by Crippen LogP contribution is 2.35. The predicted molar refractivity (Wildman–Crippen MR) is 82.3 cm³/mol. The molecule has 20 heavy (non-hydrogen) atoms. The second-order valence-electron chi connectivity index (χ2n) is 6.16. The number of carbonyl (C=O) groups excluding carboxylic acids is 1. The Balaban J connectivity index is 1.68. The van der Waals surface area contributed by atoms with E-state index in [1.165, 1.54) is 38.5 Å². The van der Waals surface area contributed by atoms with Gasteiger partial charge in [0.25, 0.3) is 0 Å². The van der Waals surface area contributed by atoms with Crippen LogP contribution in [0.2, 0.25) is 5.02 Å². The van der Waals surface area contributed by atoms with E-state index in [0.29, 0.717) is 17.6 Å². The zero-order valence-electron chi connectivity index (χ0n) is 11.9. The van der Waals surface area contributed by atoms with Crippen LogP contribution in [0.5, 0.6) is 0 Å². The Morgan fingerprint density at radius 2 is 2.00 bits per heavy atom. The first-order chi connectivity index (χ1) is 9.74. The van der Waals surface area contributed by atoms with E-state index in [9.17, 15) is 4.79 Å². The van der Waals surface area contributed by atoms with Crippen LogP contribution in [-0.2, 0) is 0 Å². The molecule has 2 aliphatic rings. The molecule has 3 heteroatoms. The molecule has 2 unspecified atom stereocenters. The Morgan fingerprint density at radius 1 is 1.20 bits per heavy atom. The number of Topliss-reactive ketones (excluding diaryl/α,β-unsaturated/α-hetero) is 1. The molecule has 3 rings (SSSR count). The van der Waals surface area contributed by atoms with E-state index in [-0.39, 0.29) is 5.78 Å². The summed E-state index contributed by atoms with van der Waals surface area (Å²) in [5.74, 6) is 1.03. The smallest absolute Gasteiger partial charge is 0.176 e. The lowest BCUT2D eigenvalue weighted by atomic mass is 9.78. The minimum absolute atomic E-state index is 0.207. The Kier molecular flexibility index (Phi) is 4.42. The molecular formula is C17H22ClNO. The standard InChI is InChI=1S/C17H22ClNO/c18-15-8-3-6-14(11-15)17(20)12-19-10-4-7-13-5-1-2-9-16(13)19/h3,6,8,11,13,16H,1-2,4-5,7,9-10,12H2. The summed E-state index contributed by atoms with van der Waals surface area (Å²) < 4.78 is 0. The fourth-order valence-electron chi connectivity index (χ4n) is 3.86. The van der Waals surface area contributed by atoms with Crippen LogP contribution in [0.1, 0.15) is 48.9 Å². The zero-order chi connectivity index (χ0) is 13.9. The van der Waals surface area contributed by atoms with Gasteiger partial charge < -0.3 is 0 Å². The molecule has 0 spiro atoms. The van der Waals surface area contributed by atoms with Gasteiger partial charge in [-0.1, -0.05) is 36.6 Å². The highest BCUT2D eigenvalue weighted by atomic mass is 35.5. The first-order valence-electron chi connectivity index (χ1n) is 7.77. The molecule has 2 fully saturated rings. The van der Waals surface area contributed by atoms with Crippen LogP contribution in [0.25, 0.3) is 0 Å². The van der Waals surface area contributed by atoms with E-state index in [1.807, 2.05) is 18.2 Å². The monoisotopic (exact) mass is 291 g/mol. The van der Waals surface area contributed by atoms with Gasteiger partial charge in [0, 0.05) is 16.6 Å². The molecule has 1 aliphatic carbocycles. The summed E-state index contributed by atoms with van der Waals surface area (Å²) in [7, 11) is 0. The summed E-state index contributed by atoms with van der Waals surface area (Å²) in [5.41, 5.74) is 0.746. The topological polar surface area (TPSA) is 20.3 Å². The first kappa shape index (κ1) is 14.1. The van der Waals surface area contributed by atoms with E-state index < -0.39 is 0 Å². The molecule has 0 amide bonds. The summed E-state index contributed by atoms with van der Waals surface area (Å²) in [4.78, 5) is 14.9. The Bertz CT molecular complexity index is 486. The van der Waals surface area contributed by atoms with Crippen LogP contribution in [0.3, 0.4) is 0 Å². The first-order valence-corrected chi connectivity index (χ1v) is 8.14. The Hall–Kier alpha value is -0.860. The van der Waals surface area contributed by atoms with E-state index in [2.05, 4.69) is 4.90 Å². The fourth-order valence-corrected chi connectivity index (χ4v) is 4.05. The van der Waals surface area contributed by atoms with Crippen molar-refractivity contribution in [2.45, 2.75) is 44.6 Å². The number of ketones is 1. The average molecular weight is 292 g/mol. The summed E-state index contributed by atoms with van der Waals surface area (Å²) in [5, 5.41) is 0.644. The summed E-state index contributed by atoms with van der Waals surface area (Å²) >= 11 is 5.98. The third kappa shape index (κ3) is 3.07. The van der Waals surface area contributed by atoms with Gasteiger partial charge in [0.1, 0.15) is 0 Å². The molecule has 1 saturated heterocycles. The number of hydrogen-bond donors (Lipinski definition) is 0. The maximum Gasteiger partial charge on any atom is 0.176 e. The van der Waals surface area contributed by atoms with Gasteiger partial charge in [0.2, 0.25) is 0 Å². The van der Waals surface area contributed by atoms with Gasteiger partial charge in [-0.05, 0) is 50.3 Å². The molecule has 0 aromatic heterocycles. The Morgan fingerprint density at radius 3 is 2.85 bits per heavy atom. The molecular weight excluding hydrogens is 270 g/mol. The number of hydrogen-bond acceptors (Lipinski definition) is 2. The van der Waals surface area contributed by atoms with Crippen LogP contribution in [0, 0.1) is 5.92 Å². The van der Waals surface area contributed by atoms with Gasteiger partial charge in [-0.15, -0.1) is 0 Å². The third-order valence-electron chi connectivity index (χ3n) is 4.85. The summed E-state index contributed by atoms with van der Waals surface area (Å²) in [6.07, 6.45) is 7.91. The normalized spacial score (nSPS) is 27.1. The van der Waals surface area contributed by atoms with Gasteiger partial charge >= 0.3 is 0 Å². The number of rotatable bonds is 3. The number of halogens is 1. The largest absolute Gasteiger partial charge is 0.293 e. The third-order valence-corrected chi connectivity index (χ3v) is 5.09. The van der Waals surface area contributed by atoms with Crippen molar-refractivity contribution in [3.8, 4) is 0 Å². The van der Waals surface area contributed by atoms with Gasteiger partial charge in [-0.25, -0.2) is 0 Å². The maximum absolute atomic E-state index is 12.4. The minimum atomic E-state index is 0.207. The summed E-state index contributed by atoms with van der Waals surface area (Å²) in [6, 6.07) is 7.97. The minimum Gasteiger partial charge on any atom is -0.293 e. The number of fused-ring (bicyclic) bond motifs is 1. The van der Waals surface area contributed by atoms with E-state index in [1.54, 1.807) is 6.07 Å². The van der Waals surface area contributed by atoms with Crippen molar-refractivity contribution in [1.29, 1.82) is 0 Å². The second-order valence-corrected chi connectivity index (χ2v) is 6.59. The molecule has 0 N–H and O–H groups in total. The van der Waals surface area contributed by atoms with E-state index in [4.69, 9.17) is 11.6 Å². The Labute approximate surface area is 126 Å². The van der Waals surface area contributed by atoms with Crippen molar-refractivity contribution in [1.82, 2.24) is 4.90 Å². The number of benzene rings is 1. The van der Waals surface area contributed by atoms with Crippen molar-refractivity contribution in [3.05, 3.63) is 34.9 Å².